The second kappa shape index (κ2) is 5.21. The van der Waals surface area contributed by atoms with Crippen molar-refractivity contribution in [3.8, 4) is 22.3 Å². The molecule has 24 heavy (non-hydrogen) atoms. The summed E-state index contributed by atoms with van der Waals surface area (Å²) in [5, 5.41) is 0. The van der Waals surface area contributed by atoms with E-state index in [0.29, 0.717) is 4.90 Å². The number of anilines is 1. The number of hydrogen-bond acceptors (Lipinski definition) is 2. The number of hydrogen-bond donors (Lipinski definition) is 0. The van der Waals surface area contributed by atoms with Gasteiger partial charge in [0.05, 0.1) is 10.6 Å². The highest BCUT2D eigenvalue weighted by Gasteiger charge is 2.34. The van der Waals surface area contributed by atoms with Gasteiger partial charge in [-0.2, -0.15) is 0 Å². The van der Waals surface area contributed by atoms with Gasteiger partial charge in [-0.05, 0) is 24.1 Å². The Balaban J connectivity index is 2.14. The molecule has 0 saturated heterocycles. The first kappa shape index (κ1) is 15.0. The summed E-state index contributed by atoms with van der Waals surface area (Å²) >= 11 is 0. The zero-order valence-electron chi connectivity index (χ0n) is 13.5. The van der Waals surface area contributed by atoms with Crippen LogP contribution in [0, 0.1) is 6.92 Å². The van der Waals surface area contributed by atoms with E-state index in [1.165, 1.54) is 4.31 Å². The normalized spacial score (nSPS) is 14.8. The molecule has 0 saturated carbocycles. The van der Waals surface area contributed by atoms with Gasteiger partial charge in [-0.15, -0.1) is 0 Å². The van der Waals surface area contributed by atoms with Gasteiger partial charge >= 0.3 is 0 Å². The fourth-order valence-electron chi connectivity index (χ4n) is 3.39. The molecule has 1 aliphatic heterocycles. The van der Waals surface area contributed by atoms with Gasteiger partial charge in [-0.1, -0.05) is 60.7 Å². The average Bonchev–Trinajstić information content (AvgIpc) is 2.60. The summed E-state index contributed by atoms with van der Waals surface area (Å²) in [5.74, 6) is 0. The van der Waals surface area contributed by atoms with E-state index in [1.807, 2.05) is 55.5 Å². The van der Waals surface area contributed by atoms with Gasteiger partial charge in [0.1, 0.15) is 0 Å². The van der Waals surface area contributed by atoms with Crippen molar-refractivity contribution in [3.05, 3.63) is 72.3 Å². The molecule has 0 aliphatic carbocycles. The standard InChI is InChI=1S/C20H17NO2S/c1-14-12-13-17-16-10-6-7-11-18(16)24(22,23)21(2)20(17)19(14)15-8-4-3-5-9-15/h3-13H,1-2H3. The summed E-state index contributed by atoms with van der Waals surface area (Å²) in [7, 11) is -1.91. The predicted octanol–water partition coefficient (Wildman–Crippen LogP) is 4.47. The van der Waals surface area contributed by atoms with E-state index in [0.717, 1.165) is 33.5 Å². The van der Waals surface area contributed by atoms with Gasteiger partial charge in [-0.25, -0.2) is 8.42 Å². The Morgan fingerprint density at radius 1 is 0.792 bits per heavy atom. The molecule has 120 valence electrons. The first-order chi connectivity index (χ1) is 11.5. The van der Waals surface area contributed by atoms with Crippen molar-refractivity contribution in [2.75, 3.05) is 11.4 Å². The van der Waals surface area contributed by atoms with Gasteiger partial charge in [0, 0.05) is 23.7 Å². The van der Waals surface area contributed by atoms with E-state index in [4.69, 9.17) is 0 Å². The molecule has 0 bridgehead atoms. The van der Waals surface area contributed by atoms with E-state index in [2.05, 4.69) is 6.07 Å². The van der Waals surface area contributed by atoms with Crippen molar-refractivity contribution in [3.63, 3.8) is 0 Å². The SMILES string of the molecule is Cc1ccc2c(c1-c1ccccc1)N(C)S(=O)(=O)c1ccccc1-2. The van der Waals surface area contributed by atoms with Crippen molar-refractivity contribution >= 4 is 15.7 Å². The molecule has 1 heterocycles. The van der Waals surface area contributed by atoms with Gasteiger partial charge in [0.15, 0.2) is 0 Å². The van der Waals surface area contributed by atoms with Crippen molar-refractivity contribution in [1.82, 2.24) is 0 Å². The van der Waals surface area contributed by atoms with E-state index < -0.39 is 10.0 Å². The molecular formula is C20H17NO2S. The summed E-state index contributed by atoms with van der Waals surface area (Å²) < 4.78 is 27.4. The molecular weight excluding hydrogens is 318 g/mol. The van der Waals surface area contributed by atoms with Crippen LogP contribution in [-0.2, 0) is 10.0 Å². The largest absolute Gasteiger partial charge is 0.268 e. The van der Waals surface area contributed by atoms with Crippen molar-refractivity contribution in [2.45, 2.75) is 11.8 Å². The summed E-state index contributed by atoms with van der Waals surface area (Å²) in [6.07, 6.45) is 0. The van der Waals surface area contributed by atoms with Crippen LogP contribution in [0.1, 0.15) is 5.56 Å². The monoisotopic (exact) mass is 335 g/mol. The van der Waals surface area contributed by atoms with Crippen LogP contribution in [0.2, 0.25) is 0 Å². The maximum Gasteiger partial charge on any atom is 0.264 e. The molecule has 0 spiro atoms. The van der Waals surface area contributed by atoms with E-state index in [1.54, 1.807) is 19.2 Å². The van der Waals surface area contributed by atoms with Gasteiger partial charge in [0.25, 0.3) is 10.0 Å². The quantitative estimate of drug-likeness (QED) is 0.658. The highest BCUT2D eigenvalue weighted by Crippen LogP contribution is 2.48. The van der Waals surface area contributed by atoms with Crippen LogP contribution in [0.25, 0.3) is 22.3 Å². The van der Waals surface area contributed by atoms with Crippen LogP contribution in [0.5, 0.6) is 0 Å². The van der Waals surface area contributed by atoms with Crippen LogP contribution in [0.4, 0.5) is 5.69 Å². The third-order valence-corrected chi connectivity index (χ3v) is 6.39. The third-order valence-electron chi connectivity index (χ3n) is 4.58. The maximum absolute atomic E-state index is 13.0. The topological polar surface area (TPSA) is 37.4 Å². The molecule has 0 aromatic heterocycles. The Kier molecular flexibility index (Phi) is 3.25. The lowest BCUT2D eigenvalue weighted by atomic mass is 9.92. The van der Waals surface area contributed by atoms with Crippen LogP contribution >= 0.6 is 0 Å². The van der Waals surface area contributed by atoms with E-state index >= 15 is 0 Å². The maximum atomic E-state index is 13.0. The lowest BCUT2D eigenvalue weighted by Gasteiger charge is -2.32. The van der Waals surface area contributed by atoms with Gasteiger partial charge < -0.3 is 0 Å². The highest BCUT2D eigenvalue weighted by molar-refractivity contribution is 7.93. The van der Waals surface area contributed by atoms with Crippen LogP contribution in [-0.4, -0.2) is 15.5 Å². The fourth-order valence-corrected chi connectivity index (χ4v) is 4.82. The molecule has 0 atom stereocenters. The third kappa shape index (κ3) is 2.00. The molecule has 0 fully saturated rings. The lowest BCUT2D eigenvalue weighted by molar-refractivity contribution is 0.594. The first-order valence-corrected chi connectivity index (χ1v) is 9.23. The first-order valence-electron chi connectivity index (χ1n) is 7.79. The molecule has 1 aliphatic rings. The number of nitrogens with zero attached hydrogens (tertiary/aromatic N) is 1. The molecule has 3 aromatic rings. The Labute approximate surface area is 142 Å². The van der Waals surface area contributed by atoms with Crippen molar-refractivity contribution in [2.24, 2.45) is 0 Å². The lowest BCUT2D eigenvalue weighted by Crippen LogP contribution is -2.31. The minimum absolute atomic E-state index is 0.364. The number of fused-ring (bicyclic) bond motifs is 3. The summed E-state index contributed by atoms with van der Waals surface area (Å²) in [4.78, 5) is 0.364. The zero-order chi connectivity index (χ0) is 16.9. The average molecular weight is 335 g/mol. The van der Waals surface area contributed by atoms with Gasteiger partial charge in [0.2, 0.25) is 0 Å². The van der Waals surface area contributed by atoms with Gasteiger partial charge in [-0.3, -0.25) is 4.31 Å². The zero-order valence-corrected chi connectivity index (χ0v) is 14.3. The molecule has 4 heteroatoms. The number of rotatable bonds is 1. The van der Waals surface area contributed by atoms with Crippen LogP contribution < -0.4 is 4.31 Å². The summed E-state index contributed by atoms with van der Waals surface area (Å²) in [6.45, 7) is 2.02. The summed E-state index contributed by atoms with van der Waals surface area (Å²) in [5.41, 5.74) is 5.51. The smallest absolute Gasteiger partial charge is 0.264 e. The van der Waals surface area contributed by atoms with Crippen molar-refractivity contribution in [1.29, 1.82) is 0 Å². The minimum Gasteiger partial charge on any atom is -0.268 e. The minimum atomic E-state index is -3.55. The Morgan fingerprint density at radius 2 is 1.46 bits per heavy atom. The fraction of sp³-hybridized carbons (Fsp3) is 0.100. The second-order valence-electron chi connectivity index (χ2n) is 5.99. The number of benzene rings is 3. The van der Waals surface area contributed by atoms with E-state index in [9.17, 15) is 8.42 Å². The second-order valence-corrected chi connectivity index (χ2v) is 7.93. The number of sulfonamides is 1. The van der Waals surface area contributed by atoms with E-state index in [-0.39, 0.29) is 0 Å². The molecule has 0 N–H and O–H groups in total. The molecule has 4 rings (SSSR count). The molecule has 0 unspecified atom stereocenters. The molecule has 0 radical (unpaired) electrons. The predicted molar refractivity (Wildman–Crippen MR) is 97.6 cm³/mol. The molecule has 3 nitrogen and oxygen atoms in total. The Bertz CT molecular complexity index is 1040. The Morgan fingerprint density at radius 3 is 2.21 bits per heavy atom. The van der Waals surface area contributed by atoms with Crippen molar-refractivity contribution < 1.29 is 8.42 Å². The molecule has 0 amide bonds. The van der Waals surface area contributed by atoms with Crippen LogP contribution in [0.3, 0.4) is 0 Å². The highest BCUT2D eigenvalue weighted by atomic mass is 32.2. The summed E-state index contributed by atoms with van der Waals surface area (Å²) in [6, 6.07) is 21.2. The Hall–Kier alpha value is -2.59. The van der Waals surface area contributed by atoms with Crippen LogP contribution in [0.15, 0.2) is 71.6 Å². The molecule has 3 aromatic carbocycles. The number of aryl methyl sites for hydroxylation is 1.